The molecule has 1 aliphatic rings. The van der Waals surface area contributed by atoms with Gasteiger partial charge < -0.3 is 9.47 Å². The average Bonchev–Trinajstić information content (AvgIpc) is 2.81. The number of hydrogen-bond donors (Lipinski definition) is 0. The molecule has 2 amide bonds. The molecule has 0 saturated carbocycles. The molecule has 1 aromatic rings. The predicted molar refractivity (Wildman–Crippen MR) is 101 cm³/mol. The van der Waals surface area contributed by atoms with Gasteiger partial charge in [-0.3, -0.25) is 19.3 Å². The predicted octanol–water partition coefficient (Wildman–Crippen LogP) is 3.63. The molecule has 0 unspecified atom stereocenters. The lowest BCUT2D eigenvalue weighted by atomic mass is 10.2. The number of amides is 2. The van der Waals surface area contributed by atoms with Crippen LogP contribution in [-0.4, -0.2) is 41.3 Å². The van der Waals surface area contributed by atoms with Gasteiger partial charge in [-0.25, -0.2) is 0 Å². The van der Waals surface area contributed by atoms with E-state index in [4.69, 9.17) is 9.47 Å². The number of imide groups is 1. The zero-order valence-corrected chi connectivity index (χ0v) is 16.0. The molecule has 0 spiro atoms. The van der Waals surface area contributed by atoms with E-state index in [1.165, 1.54) is 0 Å². The second-order valence-electron chi connectivity index (χ2n) is 6.51. The fourth-order valence-electron chi connectivity index (χ4n) is 2.11. The average molecular weight is 375 g/mol. The molecule has 1 heterocycles. The van der Waals surface area contributed by atoms with Crippen LogP contribution in [0, 0.1) is 0 Å². The first-order valence-electron chi connectivity index (χ1n) is 7.97. The van der Waals surface area contributed by atoms with Gasteiger partial charge in [-0.2, -0.15) is 0 Å². The molecule has 6 nitrogen and oxygen atoms in total. The third-order valence-electron chi connectivity index (χ3n) is 3.23. The quantitative estimate of drug-likeness (QED) is 0.578. The number of hydrogen-bond acceptors (Lipinski definition) is 6. The molecule has 0 aromatic heterocycles. The fourth-order valence-corrected chi connectivity index (χ4v) is 2.90. The second kappa shape index (κ2) is 8.23. The molecule has 1 aromatic carbocycles. The topological polar surface area (TPSA) is 72.9 Å². The number of carbonyl (C=O) groups is 3. The summed E-state index contributed by atoms with van der Waals surface area (Å²) in [6, 6.07) is 7.40. The Hall–Kier alpha value is -2.54. The van der Waals surface area contributed by atoms with Gasteiger partial charge in [0.25, 0.3) is 11.1 Å². The Morgan fingerprint density at radius 3 is 2.42 bits per heavy atom. The highest BCUT2D eigenvalue weighted by Crippen LogP contribution is 2.30. The number of nitrogens with zero attached hydrogens (tertiary/aromatic N) is 1. The lowest BCUT2D eigenvalue weighted by Crippen LogP contribution is -2.37. The third-order valence-corrected chi connectivity index (χ3v) is 4.16. The van der Waals surface area contributed by atoms with Crippen molar-refractivity contribution in [1.29, 1.82) is 0 Å². The fraction of sp³-hybridized carbons (Fsp3) is 0.316. The lowest BCUT2D eigenvalue weighted by molar-refractivity contribution is -0.156. The highest BCUT2D eigenvalue weighted by Gasteiger charge is 2.36. The summed E-state index contributed by atoms with van der Waals surface area (Å²) >= 11 is 0.802. The van der Waals surface area contributed by atoms with Crippen molar-refractivity contribution < 1.29 is 23.9 Å². The first-order valence-corrected chi connectivity index (χ1v) is 8.79. The number of ether oxygens (including phenoxy) is 2. The van der Waals surface area contributed by atoms with Gasteiger partial charge in [-0.1, -0.05) is 24.3 Å². The smallest absolute Gasteiger partial charge is 0.326 e. The number of benzene rings is 1. The normalized spacial score (nSPS) is 16.6. The molecule has 138 valence electrons. The van der Waals surface area contributed by atoms with Gasteiger partial charge in [0, 0.05) is 0 Å². The Morgan fingerprint density at radius 2 is 1.85 bits per heavy atom. The van der Waals surface area contributed by atoms with E-state index in [9.17, 15) is 14.4 Å². The first kappa shape index (κ1) is 19.8. The van der Waals surface area contributed by atoms with Crippen LogP contribution in [0.15, 0.2) is 41.3 Å². The molecular formula is C19H21NO5S. The van der Waals surface area contributed by atoms with Crippen LogP contribution in [0.25, 0.3) is 6.08 Å². The Balaban J connectivity index is 2.01. The van der Waals surface area contributed by atoms with Crippen LogP contribution in [0.1, 0.15) is 26.3 Å². The standard InChI is InChI=1S/C19H21NO5S/c1-19(2,3)25-16(21)12-20-17(22)15(26-18(20)23)7-5-6-13-8-10-14(24-4)11-9-13/h5-11H,12H2,1-4H3/b6-5+,15-7-. The summed E-state index contributed by atoms with van der Waals surface area (Å²) in [5, 5.41) is -0.482. The highest BCUT2D eigenvalue weighted by molar-refractivity contribution is 8.18. The van der Waals surface area contributed by atoms with Crippen molar-refractivity contribution in [2.75, 3.05) is 13.7 Å². The Morgan fingerprint density at radius 1 is 1.19 bits per heavy atom. The maximum Gasteiger partial charge on any atom is 0.326 e. The van der Waals surface area contributed by atoms with Crippen LogP contribution in [0.2, 0.25) is 0 Å². The summed E-state index contributed by atoms with van der Waals surface area (Å²) in [5.74, 6) is -0.356. The van der Waals surface area contributed by atoms with Crippen LogP contribution in [0.5, 0.6) is 5.75 Å². The van der Waals surface area contributed by atoms with E-state index < -0.39 is 22.7 Å². The highest BCUT2D eigenvalue weighted by atomic mass is 32.2. The molecule has 1 aliphatic heterocycles. The van der Waals surface area contributed by atoms with Gasteiger partial charge in [-0.15, -0.1) is 0 Å². The number of rotatable bonds is 5. The van der Waals surface area contributed by atoms with Crippen molar-refractivity contribution in [3.63, 3.8) is 0 Å². The molecule has 0 atom stereocenters. The van der Waals surface area contributed by atoms with Crippen LogP contribution in [-0.2, 0) is 14.3 Å². The monoisotopic (exact) mass is 375 g/mol. The van der Waals surface area contributed by atoms with Crippen molar-refractivity contribution in [3.05, 3.63) is 46.9 Å². The van der Waals surface area contributed by atoms with Gasteiger partial charge >= 0.3 is 5.97 Å². The molecule has 2 rings (SSSR count). The Bertz CT molecular complexity index is 759. The van der Waals surface area contributed by atoms with Gasteiger partial charge in [0.05, 0.1) is 12.0 Å². The molecule has 0 N–H and O–H groups in total. The van der Waals surface area contributed by atoms with Crippen molar-refractivity contribution >= 4 is 35.0 Å². The van der Waals surface area contributed by atoms with Gasteiger partial charge in [0.15, 0.2) is 0 Å². The van der Waals surface area contributed by atoms with Crippen LogP contribution in [0.3, 0.4) is 0 Å². The lowest BCUT2D eigenvalue weighted by Gasteiger charge is -2.21. The molecule has 1 fully saturated rings. The van der Waals surface area contributed by atoms with E-state index in [1.807, 2.05) is 24.3 Å². The number of allylic oxidation sites excluding steroid dienone is 2. The van der Waals surface area contributed by atoms with E-state index in [0.29, 0.717) is 0 Å². The summed E-state index contributed by atoms with van der Waals surface area (Å²) in [4.78, 5) is 37.3. The van der Waals surface area contributed by atoms with Crippen molar-refractivity contribution in [1.82, 2.24) is 4.90 Å². The summed E-state index contributed by atoms with van der Waals surface area (Å²) in [5.41, 5.74) is 0.255. The number of carbonyl (C=O) groups excluding carboxylic acids is 3. The summed E-state index contributed by atoms with van der Waals surface area (Å²) in [7, 11) is 1.60. The molecule has 7 heteroatoms. The minimum Gasteiger partial charge on any atom is -0.497 e. The van der Waals surface area contributed by atoms with Gasteiger partial charge in [0.2, 0.25) is 0 Å². The third kappa shape index (κ3) is 5.49. The van der Waals surface area contributed by atoms with Crippen molar-refractivity contribution in [2.24, 2.45) is 0 Å². The maximum absolute atomic E-state index is 12.3. The largest absolute Gasteiger partial charge is 0.497 e. The minimum absolute atomic E-state index is 0.267. The molecule has 0 aliphatic carbocycles. The maximum atomic E-state index is 12.3. The summed E-state index contributed by atoms with van der Waals surface area (Å²) in [6.07, 6.45) is 5.05. The van der Waals surface area contributed by atoms with E-state index in [0.717, 1.165) is 28.0 Å². The first-order chi connectivity index (χ1) is 12.2. The van der Waals surface area contributed by atoms with E-state index >= 15 is 0 Å². The zero-order valence-electron chi connectivity index (χ0n) is 15.1. The van der Waals surface area contributed by atoms with E-state index in [1.54, 1.807) is 46.1 Å². The van der Waals surface area contributed by atoms with E-state index in [-0.39, 0.29) is 11.4 Å². The van der Waals surface area contributed by atoms with Crippen molar-refractivity contribution in [2.45, 2.75) is 26.4 Å². The molecule has 26 heavy (non-hydrogen) atoms. The summed E-state index contributed by atoms with van der Waals surface area (Å²) in [6.45, 7) is 4.79. The van der Waals surface area contributed by atoms with Crippen LogP contribution >= 0.6 is 11.8 Å². The zero-order chi connectivity index (χ0) is 19.3. The Kier molecular flexibility index (Phi) is 6.26. The van der Waals surface area contributed by atoms with Crippen molar-refractivity contribution in [3.8, 4) is 5.75 Å². The molecule has 0 bridgehead atoms. The van der Waals surface area contributed by atoms with Crippen LogP contribution < -0.4 is 4.74 Å². The second-order valence-corrected chi connectivity index (χ2v) is 7.50. The minimum atomic E-state index is -0.671. The van der Waals surface area contributed by atoms with Gasteiger partial charge in [-0.05, 0) is 56.3 Å². The SMILES string of the molecule is COc1ccc(/C=C/C=C2\SC(=O)N(CC(=O)OC(C)(C)C)C2=O)cc1. The van der Waals surface area contributed by atoms with Crippen LogP contribution in [0.4, 0.5) is 4.79 Å². The molecule has 0 radical (unpaired) electrons. The Labute approximate surface area is 156 Å². The van der Waals surface area contributed by atoms with Gasteiger partial charge in [0.1, 0.15) is 17.9 Å². The van der Waals surface area contributed by atoms with E-state index in [2.05, 4.69) is 0 Å². The molecular weight excluding hydrogens is 354 g/mol. The number of methoxy groups -OCH3 is 1. The number of thioether (sulfide) groups is 1. The molecule has 1 saturated heterocycles. The summed E-state index contributed by atoms with van der Waals surface area (Å²) < 4.78 is 10.2. The number of esters is 1.